The van der Waals surface area contributed by atoms with Gasteiger partial charge in [0.2, 0.25) is 0 Å². The van der Waals surface area contributed by atoms with Crippen LogP contribution < -0.4 is 0 Å². The Kier molecular flexibility index (Phi) is 4.87. The van der Waals surface area contributed by atoms with Crippen LogP contribution in [0.25, 0.3) is 0 Å². The van der Waals surface area contributed by atoms with Crippen LogP contribution in [0.2, 0.25) is 0 Å². The Labute approximate surface area is 156 Å². The van der Waals surface area contributed by atoms with Crippen LogP contribution in [0.3, 0.4) is 0 Å². The minimum Gasteiger partial charge on any atom is -0.463 e. The molecular weight excluding hydrogens is 332 g/mol. The van der Waals surface area contributed by atoms with Crippen molar-refractivity contribution < 1.29 is 24.1 Å². The molecule has 0 bridgehead atoms. The van der Waals surface area contributed by atoms with Crippen molar-refractivity contribution in [3.05, 3.63) is 23.3 Å². The second kappa shape index (κ2) is 6.47. The number of ether oxygens (including phenoxy) is 3. The summed E-state index contributed by atoms with van der Waals surface area (Å²) in [5.41, 5.74) is -0.0680. The van der Waals surface area contributed by atoms with Crippen molar-refractivity contribution in [1.82, 2.24) is 0 Å². The van der Waals surface area contributed by atoms with Gasteiger partial charge in [-0.05, 0) is 57.8 Å². The lowest BCUT2D eigenvalue weighted by molar-refractivity contribution is -0.172. The van der Waals surface area contributed by atoms with Crippen LogP contribution in [0.5, 0.6) is 0 Å². The number of carbonyl (C=O) groups is 1. The fourth-order valence-corrected chi connectivity index (χ4v) is 4.91. The molecule has 5 heteroatoms. The zero-order valence-electron chi connectivity index (χ0n) is 16.8. The van der Waals surface area contributed by atoms with E-state index in [1.165, 1.54) is 6.08 Å². The van der Waals surface area contributed by atoms with E-state index >= 15 is 0 Å². The summed E-state index contributed by atoms with van der Waals surface area (Å²) in [5.74, 6) is -1.09. The van der Waals surface area contributed by atoms with Crippen molar-refractivity contribution in [2.75, 3.05) is 6.61 Å². The summed E-state index contributed by atoms with van der Waals surface area (Å²) in [7, 11) is 0. The lowest BCUT2D eigenvalue weighted by Crippen LogP contribution is -2.51. The van der Waals surface area contributed by atoms with E-state index in [9.17, 15) is 9.90 Å². The van der Waals surface area contributed by atoms with Gasteiger partial charge in [-0.2, -0.15) is 0 Å². The lowest BCUT2D eigenvalue weighted by atomic mass is 9.67. The normalized spacial score (nSPS) is 44.7. The number of hydrogen-bond acceptors (Lipinski definition) is 5. The molecule has 146 valence electrons. The third-order valence-corrected chi connectivity index (χ3v) is 6.50. The first-order chi connectivity index (χ1) is 12.1. The largest absolute Gasteiger partial charge is 0.463 e. The van der Waals surface area contributed by atoms with Gasteiger partial charge >= 0.3 is 5.97 Å². The Morgan fingerprint density at radius 3 is 2.50 bits per heavy atom. The molecule has 0 aromatic carbocycles. The van der Waals surface area contributed by atoms with Crippen LogP contribution in [0.15, 0.2) is 23.3 Å². The Balaban J connectivity index is 2.03. The van der Waals surface area contributed by atoms with E-state index in [1.807, 2.05) is 33.8 Å². The number of aliphatic hydroxyl groups is 1. The molecule has 5 unspecified atom stereocenters. The van der Waals surface area contributed by atoms with Crippen LogP contribution in [0, 0.1) is 11.3 Å². The molecule has 1 aliphatic heterocycles. The maximum atomic E-state index is 12.1. The molecule has 1 saturated carbocycles. The fourth-order valence-electron chi connectivity index (χ4n) is 4.91. The Hall–Kier alpha value is -1.17. The molecule has 0 aromatic rings. The average molecular weight is 364 g/mol. The summed E-state index contributed by atoms with van der Waals surface area (Å²) in [6.07, 6.45) is 5.74. The molecule has 2 aliphatic carbocycles. The van der Waals surface area contributed by atoms with Gasteiger partial charge in [-0.15, -0.1) is 0 Å². The van der Waals surface area contributed by atoms with Gasteiger partial charge < -0.3 is 19.3 Å². The zero-order chi connectivity index (χ0) is 19.3. The Morgan fingerprint density at radius 2 is 1.96 bits per heavy atom. The molecule has 3 rings (SSSR count). The molecular formula is C21H32O5. The maximum absolute atomic E-state index is 12.1. The molecule has 0 radical (unpaired) electrons. The van der Waals surface area contributed by atoms with Crippen molar-refractivity contribution in [1.29, 1.82) is 0 Å². The van der Waals surface area contributed by atoms with Gasteiger partial charge in [0.1, 0.15) is 5.60 Å². The summed E-state index contributed by atoms with van der Waals surface area (Å²) >= 11 is 0. The van der Waals surface area contributed by atoms with Crippen molar-refractivity contribution in [2.24, 2.45) is 11.3 Å². The molecule has 1 heterocycles. The number of fused-ring (bicyclic) bond motifs is 2. The molecule has 1 spiro atoms. The SMILES string of the molecule is CCC/C(=C/C(=O)OCC)C1(O)C(C)=CC2(OC(C)C(C)O2)C2CC21C. The monoisotopic (exact) mass is 364 g/mol. The molecule has 5 nitrogen and oxygen atoms in total. The molecule has 0 aromatic heterocycles. The molecule has 0 amide bonds. The van der Waals surface area contributed by atoms with Crippen molar-refractivity contribution in [2.45, 2.75) is 84.4 Å². The first-order valence-corrected chi connectivity index (χ1v) is 9.80. The first-order valence-electron chi connectivity index (χ1n) is 9.80. The van der Waals surface area contributed by atoms with Gasteiger partial charge in [0.05, 0.1) is 18.8 Å². The van der Waals surface area contributed by atoms with Crippen LogP contribution in [0.4, 0.5) is 0 Å². The summed E-state index contributed by atoms with van der Waals surface area (Å²) in [6.45, 7) is 12.2. The van der Waals surface area contributed by atoms with Crippen LogP contribution in [0.1, 0.15) is 60.8 Å². The van der Waals surface area contributed by atoms with Crippen molar-refractivity contribution in [3.8, 4) is 0 Å². The summed E-state index contributed by atoms with van der Waals surface area (Å²) in [4.78, 5) is 12.1. The first kappa shape index (κ1) is 19.6. The summed E-state index contributed by atoms with van der Waals surface area (Å²) < 4.78 is 17.5. The van der Waals surface area contributed by atoms with Gasteiger partial charge in [-0.1, -0.05) is 20.3 Å². The van der Waals surface area contributed by atoms with Gasteiger partial charge in [-0.3, -0.25) is 0 Å². The topological polar surface area (TPSA) is 65.0 Å². The number of carbonyl (C=O) groups excluding carboxylic acids is 1. The minimum absolute atomic E-state index is 0.0141. The standard InChI is InChI=1S/C21H32O5/c1-7-9-16(10-18(22)24-8-2)21(23)13(3)11-20(17-12-19(17,21)6)25-14(4)15(5)26-20/h10-11,14-15,17,23H,7-9,12H2,1-6H3/b16-10-. The maximum Gasteiger partial charge on any atom is 0.330 e. The van der Waals surface area contributed by atoms with E-state index in [2.05, 4.69) is 6.92 Å². The molecule has 2 fully saturated rings. The smallest absolute Gasteiger partial charge is 0.330 e. The average Bonchev–Trinajstić information content (AvgIpc) is 3.19. The van der Waals surface area contributed by atoms with E-state index in [0.29, 0.717) is 13.0 Å². The van der Waals surface area contributed by atoms with E-state index in [-0.39, 0.29) is 18.1 Å². The minimum atomic E-state index is -1.17. The molecule has 26 heavy (non-hydrogen) atoms. The summed E-state index contributed by atoms with van der Waals surface area (Å²) in [6, 6.07) is 0. The highest BCUT2D eigenvalue weighted by atomic mass is 16.8. The summed E-state index contributed by atoms with van der Waals surface area (Å²) in [5, 5.41) is 11.8. The predicted molar refractivity (Wildman–Crippen MR) is 98.4 cm³/mol. The second-order valence-electron chi connectivity index (χ2n) is 8.25. The van der Waals surface area contributed by atoms with Crippen LogP contribution >= 0.6 is 0 Å². The molecule has 5 atom stereocenters. The van der Waals surface area contributed by atoms with E-state index in [0.717, 1.165) is 24.0 Å². The number of hydrogen-bond donors (Lipinski definition) is 1. The van der Waals surface area contributed by atoms with Gasteiger partial charge in [0.25, 0.3) is 0 Å². The quantitative estimate of drug-likeness (QED) is 0.459. The number of esters is 1. The molecule has 1 N–H and O–H groups in total. The van der Waals surface area contributed by atoms with Gasteiger partial charge in [0, 0.05) is 17.4 Å². The van der Waals surface area contributed by atoms with Crippen LogP contribution in [-0.4, -0.2) is 41.3 Å². The third kappa shape index (κ3) is 2.67. The second-order valence-corrected chi connectivity index (χ2v) is 8.25. The van der Waals surface area contributed by atoms with Gasteiger partial charge in [-0.25, -0.2) is 4.79 Å². The highest BCUT2D eigenvalue weighted by Crippen LogP contribution is 2.72. The lowest BCUT2D eigenvalue weighted by Gasteiger charge is -2.45. The molecule has 3 aliphatic rings. The van der Waals surface area contributed by atoms with E-state index in [4.69, 9.17) is 14.2 Å². The van der Waals surface area contributed by atoms with E-state index < -0.39 is 22.8 Å². The Bertz CT molecular complexity index is 641. The fraction of sp³-hybridized carbons (Fsp3) is 0.762. The predicted octanol–water partition coefficient (Wildman–Crippen LogP) is 3.51. The van der Waals surface area contributed by atoms with Crippen LogP contribution in [-0.2, 0) is 19.0 Å². The highest BCUT2D eigenvalue weighted by Gasteiger charge is 2.75. The number of rotatable bonds is 5. The third-order valence-electron chi connectivity index (χ3n) is 6.50. The van der Waals surface area contributed by atoms with Crippen molar-refractivity contribution in [3.63, 3.8) is 0 Å². The zero-order valence-corrected chi connectivity index (χ0v) is 16.8. The van der Waals surface area contributed by atoms with E-state index in [1.54, 1.807) is 6.92 Å². The molecule has 1 saturated heterocycles. The Morgan fingerprint density at radius 1 is 1.35 bits per heavy atom. The van der Waals surface area contributed by atoms with Gasteiger partial charge in [0.15, 0.2) is 5.79 Å². The highest BCUT2D eigenvalue weighted by molar-refractivity contribution is 5.83. The van der Waals surface area contributed by atoms with Crippen molar-refractivity contribution >= 4 is 5.97 Å².